The number of aliphatic imine (C=N–C) groups is 1. The first-order valence-corrected chi connectivity index (χ1v) is 13.6. The zero-order chi connectivity index (χ0) is 26.1. The molecule has 0 radical (unpaired) electrons. The van der Waals surface area contributed by atoms with Crippen LogP contribution < -0.4 is 0 Å². The number of hydrogen-bond donors (Lipinski definition) is 0. The third-order valence-electron chi connectivity index (χ3n) is 6.91. The molecule has 6 rings (SSSR count). The fourth-order valence-electron chi connectivity index (χ4n) is 4.97. The van der Waals surface area contributed by atoms with Crippen molar-refractivity contribution < 1.29 is 14.3 Å². The summed E-state index contributed by atoms with van der Waals surface area (Å²) in [6, 6.07) is 26.0. The van der Waals surface area contributed by atoms with Gasteiger partial charge in [-0.25, -0.2) is 4.99 Å². The predicted molar refractivity (Wildman–Crippen MR) is 155 cm³/mol. The first-order valence-electron chi connectivity index (χ1n) is 12.8. The van der Waals surface area contributed by atoms with Crippen LogP contribution in [0.3, 0.4) is 0 Å². The Morgan fingerprint density at radius 1 is 0.947 bits per heavy atom. The largest absolute Gasteiger partial charge is 0.378 e. The molecule has 0 atom stereocenters. The van der Waals surface area contributed by atoms with E-state index < -0.39 is 0 Å². The molecule has 2 aliphatic heterocycles. The van der Waals surface area contributed by atoms with Gasteiger partial charge < -0.3 is 9.64 Å². The van der Waals surface area contributed by atoms with Gasteiger partial charge in [-0.15, -0.1) is 0 Å². The normalized spacial score (nSPS) is 18.3. The lowest BCUT2D eigenvalue weighted by Crippen LogP contribution is -2.40. The third-order valence-corrected chi connectivity index (χ3v) is 7.92. The first kappa shape index (κ1) is 24.4. The van der Waals surface area contributed by atoms with Gasteiger partial charge in [0, 0.05) is 25.2 Å². The van der Waals surface area contributed by atoms with Crippen LogP contribution in [0.2, 0.25) is 0 Å². The van der Waals surface area contributed by atoms with Crippen molar-refractivity contribution in [2.24, 2.45) is 4.99 Å². The molecule has 0 aliphatic carbocycles. The average Bonchev–Trinajstić information content (AvgIpc) is 3.26. The molecule has 4 aromatic rings. The third kappa shape index (κ3) is 4.59. The van der Waals surface area contributed by atoms with Gasteiger partial charge in [0.25, 0.3) is 11.8 Å². The molecule has 7 heteroatoms. The van der Waals surface area contributed by atoms with Crippen LogP contribution in [0.25, 0.3) is 27.6 Å². The lowest BCUT2D eigenvalue weighted by atomic mass is 9.96. The van der Waals surface area contributed by atoms with Crippen LogP contribution in [0.4, 0.5) is 5.69 Å². The monoisotopic (exact) mass is 521 g/mol. The van der Waals surface area contributed by atoms with E-state index in [4.69, 9.17) is 9.73 Å². The molecule has 0 unspecified atom stereocenters. The van der Waals surface area contributed by atoms with Crippen LogP contribution in [0, 0.1) is 0 Å². The molecule has 2 heterocycles. The quantitative estimate of drug-likeness (QED) is 0.241. The molecule has 4 aromatic carbocycles. The number of hydrogen-bond acceptors (Lipinski definition) is 5. The van der Waals surface area contributed by atoms with E-state index in [9.17, 15) is 9.59 Å². The highest BCUT2D eigenvalue weighted by Gasteiger charge is 2.32. The van der Waals surface area contributed by atoms with Crippen molar-refractivity contribution in [2.45, 2.75) is 6.92 Å². The molecule has 0 N–H and O–H groups in total. The number of carbonyl (C=O) groups excluding carboxylic acids is 2. The standard InChI is InChI=1S/C31H27N3O3S/c1-2-34-30(36)28(20-27-25-12-5-3-8-21(25)18-22-9-4-6-13-26(22)27)38-31(34)32-24-11-7-10-23(19-24)29(35)33-14-16-37-17-15-33/h3-13,18-20H,2,14-17H2,1H3/b28-20+,32-31?. The van der Waals surface area contributed by atoms with E-state index >= 15 is 0 Å². The number of carbonyl (C=O) groups is 2. The Hall–Kier alpha value is -3.94. The summed E-state index contributed by atoms with van der Waals surface area (Å²) >= 11 is 1.38. The number of amidine groups is 1. The topological polar surface area (TPSA) is 62.2 Å². The molecule has 6 nitrogen and oxygen atoms in total. The van der Waals surface area contributed by atoms with Gasteiger partial charge >= 0.3 is 0 Å². The summed E-state index contributed by atoms with van der Waals surface area (Å²) in [5, 5.41) is 5.10. The maximum Gasteiger partial charge on any atom is 0.266 e. The van der Waals surface area contributed by atoms with E-state index in [2.05, 4.69) is 30.3 Å². The Bertz CT molecular complexity index is 1570. The number of nitrogens with zero attached hydrogens (tertiary/aromatic N) is 3. The highest BCUT2D eigenvalue weighted by Crippen LogP contribution is 2.37. The Morgan fingerprint density at radius 3 is 2.32 bits per heavy atom. The van der Waals surface area contributed by atoms with E-state index in [-0.39, 0.29) is 11.8 Å². The van der Waals surface area contributed by atoms with Crippen molar-refractivity contribution in [1.29, 1.82) is 0 Å². The summed E-state index contributed by atoms with van der Waals surface area (Å²) in [5.74, 6) is -0.0879. The summed E-state index contributed by atoms with van der Waals surface area (Å²) in [6.07, 6.45) is 2.00. The number of likely N-dealkylation sites (N-methyl/N-ethyl adjacent to an activating group) is 1. The van der Waals surface area contributed by atoms with Crippen molar-refractivity contribution >= 4 is 62.1 Å². The molecule has 0 aromatic heterocycles. The Balaban J connectivity index is 1.37. The SMILES string of the molecule is CCN1C(=O)/C(=C\c2c3ccccc3cc3ccccc23)SC1=Nc1cccc(C(=O)N2CCOCC2)c1. The summed E-state index contributed by atoms with van der Waals surface area (Å²) in [6.45, 7) is 4.73. The lowest BCUT2D eigenvalue weighted by Gasteiger charge is -2.26. The minimum absolute atomic E-state index is 0.0266. The Kier molecular flexibility index (Phi) is 6.70. The van der Waals surface area contributed by atoms with Gasteiger partial charge in [0.15, 0.2) is 5.17 Å². The zero-order valence-electron chi connectivity index (χ0n) is 21.1. The molecular formula is C31H27N3O3S. The van der Waals surface area contributed by atoms with Crippen molar-refractivity contribution in [3.05, 3.63) is 94.9 Å². The second-order valence-corrected chi connectivity index (χ2v) is 10.3. The lowest BCUT2D eigenvalue weighted by molar-refractivity contribution is -0.122. The number of thioether (sulfide) groups is 1. The fraction of sp³-hybridized carbons (Fsp3) is 0.194. The van der Waals surface area contributed by atoms with Crippen molar-refractivity contribution in [1.82, 2.24) is 9.80 Å². The Morgan fingerprint density at radius 2 is 1.63 bits per heavy atom. The minimum Gasteiger partial charge on any atom is -0.378 e. The van der Waals surface area contributed by atoms with Gasteiger partial charge in [-0.05, 0) is 76.1 Å². The minimum atomic E-state index is -0.0613. The van der Waals surface area contributed by atoms with Gasteiger partial charge in [-0.2, -0.15) is 0 Å². The van der Waals surface area contributed by atoms with Crippen molar-refractivity contribution in [3.63, 3.8) is 0 Å². The number of fused-ring (bicyclic) bond motifs is 2. The number of rotatable bonds is 4. The van der Waals surface area contributed by atoms with Crippen molar-refractivity contribution in [3.8, 4) is 0 Å². The molecule has 2 amide bonds. The highest BCUT2D eigenvalue weighted by molar-refractivity contribution is 8.18. The summed E-state index contributed by atoms with van der Waals surface area (Å²) < 4.78 is 5.37. The van der Waals surface area contributed by atoms with Crippen molar-refractivity contribution in [2.75, 3.05) is 32.8 Å². The summed E-state index contributed by atoms with van der Waals surface area (Å²) in [5.41, 5.74) is 2.27. The number of benzene rings is 4. The molecule has 0 bridgehead atoms. The van der Waals surface area contributed by atoms with Crippen LogP contribution >= 0.6 is 11.8 Å². The van der Waals surface area contributed by atoms with Crippen LogP contribution in [0.1, 0.15) is 22.8 Å². The van der Waals surface area contributed by atoms with Gasteiger partial charge in [0.2, 0.25) is 0 Å². The molecule has 2 aliphatic rings. The molecule has 190 valence electrons. The maximum absolute atomic E-state index is 13.5. The van der Waals surface area contributed by atoms with E-state index in [1.54, 1.807) is 15.9 Å². The van der Waals surface area contributed by atoms with Gasteiger partial charge in [-0.3, -0.25) is 14.5 Å². The van der Waals surface area contributed by atoms with Crippen LogP contribution in [0.15, 0.2) is 88.8 Å². The van der Waals surface area contributed by atoms with Crippen LogP contribution in [-0.2, 0) is 9.53 Å². The highest BCUT2D eigenvalue weighted by atomic mass is 32.2. The number of morpholine rings is 1. The smallest absolute Gasteiger partial charge is 0.266 e. The summed E-state index contributed by atoms with van der Waals surface area (Å²) in [7, 11) is 0. The number of amides is 2. The molecule has 2 fully saturated rings. The van der Waals surface area contributed by atoms with Gasteiger partial charge in [-0.1, -0.05) is 54.6 Å². The fourth-order valence-corrected chi connectivity index (χ4v) is 6.02. The molecular weight excluding hydrogens is 494 g/mol. The second-order valence-electron chi connectivity index (χ2n) is 9.24. The van der Waals surface area contributed by atoms with Crippen LogP contribution in [-0.4, -0.2) is 59.6 Å². The van der Waals surface area contributed by atoms with Gasteiger partial charge in [0.05, 0.1) is 23.8 Å². The number of ether oxygens (including phenoxy) is 1. The molecule has 2 saturated heterocycles. The molecule has 0 saturated carbocycles. The maximum atomic E-state index is 13.5. The first-order chi connectivity index (χ1) is 18.6. The predicted octanol–water partition coefficient (Wildman–Crippen LogP) is 6.09. The second kappa shape index (κ2) is 10.4. The Labute approximate surface area is 225 Å². The molecule has 38 heavy (non-hydrogen) atoms. The summed E-state index contributed by atoms with van der Waals surface area (Å²) in [4.78, 5) is 35.4. The van der Waals surface area contributed by atoms with E-state index in [0.717, 1.165) is 27.1 Å². The average molecular weight is 522 g/mol. The van der Waals surface area contributed by atoms with E-state index in [1.165, 1.54) is 11.8 Å². The van der Waals surface area contributed by atoms with Gasteiger partial charge in [0.1, 0.15) is 0 Å². The van der Waals surface area contributed by atoms with E-state index in [1.807, 2.05) is 55.5 Å². The zero-order valence-corrected chi connectivity index (χ0v) is 21.9. The molecule has 0 spiro atoms. The van der Waals surface area contributed by atoms with E-state index in [0.29, 0.717) is 54.2 Å². The van der Waals surface area contributed by atoms with Crippen LogP contribution in [0.5, 0.6) is 0 Å².